The number of amides is 1. The van der Waals surface area contributed by atoms with Crippen molar-refractivity contribution in [1.82, 2.24) is 5.32 Å². The Balaban J connectivity index is 1.83. The van der Waals surface area contributed by atoms with Crippen molar-refractivity contribution in [3.05, 3.63) is 62.6 Å². The first-order chi connectivity index (χ1) is 16.3. The number of ether oxygens (including phenoxy) is 1. The van der Waals surface area contributed by atoms with Gasteiger partial charge in [-0.1, -0.05) is 41.9 Å². The second-order valence-electron chi connectivity index (χ2n) is 7.74. The van der Waals surface area contributed by atoms with Gasteiger partial charge in [-0.3, -0.25) is 4.79 Å². The Morgan fingerprint density at radius 2 is 2.03 bits per heavy atom. The second-order valence-corrected chi connectivity index (χ2v) is 11.8. The molecule has 1 amide bonds. The molecule has 1 aliphatic rings. The van der Waals surface area contributed by atoms with Crippen LogP contribution >= 0.6 is 39.1 Å². The van der Waals surface area contributed by atoms with Crippen LogP contribution in [0.4, 0.5) is 8.78 Å². The molecule has 13 heteroatoms. The lowest BCUT2D eigenvalue weighted by Gasteiger charge is -2.31. The van der Waals surface area contributed by atoms with Crippen molar-refractivity contribution in [2.24, 2.45) is 5.16 Å². The van der Waals surface area contributed by atoms with Gasteiger partial charge < -0.3 is 14.9 Å². The van der Waals surface area contributed by atoms with Crippen molar-refractivity contribution < 1.29 is 31.6 Å². The van der Waals surface area contributed by atoms with Crippen LogP contribution in [0, 0.1) is 0 Å². The summed E-state index contributed by atoms with van der Waals surface area (Å²) in [5, 5.41) is 2.95. The number of halogens is 5. The van der Waals surface area contributed by atoms with Gasteiger partial charge in [0.15, 0.2) is 9.84 Å². The molecular weight excluding hydrogens is 593 g/mol. The summed E-state index contributed by atoms with van der Waals surface area (Å²) < 4.78 is 58.3. The molecule has 0 saturated carbocycles. The van der Waals surface area contributed by atoms with E-state index in [1.807, 2.05) is 0 Å². The van der Waals surface area contributed by atoms with E-state index >= 15 is 0 Å². The summed E-state index contributed by atoms with van der Waals surface area (Å²) in [6, 6.07) is 9.03. The normalized spacial score (nSPS) is 18.1. The summed E-state index contributed by atoms with van der Waals surface area (Å²) in [5.74, 6) is -1.06. The number of methoxy groups -OCH3 is 1. The van der Waals surface area contributed by atoms with Gasteiger partial charge in [-0.25, -0.2) is 8.42 Å². The van der Waals surface area contributed by atoms with Gasteiger partial charge >= 0.3 is 5.38 Å². The summed E-state index contributed by atoms with van der Waals surface area (Å²) in [6.45, 7) is 1.47. The van der Waals surface area contributed by atoms with Crippen LogP contribution in [0.25, 0.3) is 0 Å². The lowest BCUT2D eigenvalue weighted by atomic mass is 9.87. The monoisotopic (exact) mass is 612 g/mol. The molecule has 7 nitrogen and oxygen atoms in total. The van der Waals surface area contributed by atoms with E-state index in [0.29, 0.717) is 26.4 Å². The average Bonchev–Trinajstić information content (AvgIpc) is 3.26. The van der Waals surface area contributed by atoms with Crippen LogP contribution in [0.2, 0.25) is 5.02 Å². The van der Waals surface area contributed by atoms with Crippen LogP contribution in [0.3, 0.4) is 0 Å². The molecule has 0 aromatic heterocycles. The van der Waals surface area contributed by atoms with Gasteiger partial charge in [-0.2, -0.15) is 8.78 Å². The Labute approximate surface area is 219 Å². The molecule has 1 heterocycles. The minimum absolute atomic E-state index is 0.00693. The minimum Gasteiger partial charge on any atom is -0.496 e. The van der Waals surface area contributed by atoms with Crippen LogP contribution in [-0.2, 0) is 31.6 Å². The van der Waals surface area contributed by atoms with Crippen LogP contribution in [0.5, 0.6) is 5.75 Å². The van der Waals surface area contributed by atoms with Crippen molar-refractivity contribution >= 4 is 60.6 Å². The van der Waals surface area contributed by atoms with E-state index in [4.69, 9.17) is 32.8 Å². The maximum Gasteiger partial charge on any atom is 0.367 e. The number of carbonyl (C=O) groups is 1. The number of sulfone groups is 1. The first-order valence-electron chi connectivity index (χ1n) is 10.2. The topological polar surface area (TPSA) is 94.1 Å². The van der Waals surface area contributed by atoms with Gasteiger partial charge in [0, 0.05) is 39.9 Å². The molecule has 0 fully saturated rings. The molecule has 1 unspecified atom stereocenters. The zero-order chi connectivity index (χ0) is 26.0. The van der Waals surface area contributed by atoms with E-state index in [0.717, 1.165) is 0 Å². The summed E-state index contributed by atoms with van der Waals surface area (Å²) in [6.07, 6.45) is -0.342. The number of alkyl halides is 3. The van der Waals surface area contributed by atoms with Crippen LogP contribution in [0.1, 0.15) is 30.0 Å². The van der Waals surface area contributed by atoms with Gasteiger partial charge in [0.2, 0.25) is 11.5 Å². The summed E-state index contributed by atoms with van der Waals surface area (Å²) in [7, 11) is -2.06. The molecular formula is C22H21BrCl2F2N2O5S. The Morgan fingerprint density at radius 1 is 1.31 bits per heavy atom. The van der Waals surface area contributed by atoms with Crippen LogP contribution < -0.4 is 10.1 Å². The predicted molar refractivity (Wildman–Crippen MR) is 133 cm³/mol. The number of rotatable bonds is 9. The Morgan fingerprint density at radius 3 is 2.63 bits per heavy atom. The Bertz CT molecular complexity index is 1270. The van der Waals surface area contributed by atoms with Crippen molar-refractivity contribution in [1.29, 1.82) is 0 Å². The number of carbonyl (C=O) groups excluding carboxylic acids is 1. The maximum absolute atomic E-state index is 14.6. The van der Waals surface area contributed by atoms with Gasteiger partial charge in [0.1, 0.15) is 11.5 Å². The number of nitrogens with one attached hydrogen (secondary N) is 1. The molecule has 1 N–H and O–H groups in total. The fourth-order valence-corrected chi connectivity index (χ4v) is 4.84. The summed E-state index contributed by atoms with van der Waals surface area (Å²) in [4.78, 5) is 17.2. The minimum atomic E-state index is -3.81. The number of hydrogen-bond donors (Lipinski definition) is 1. The molecule has 2 aromatic carbocycles. The highest BCUT2D eigenvalue weighted by atomic mass is 79.9. The SMILES string of the molecule is CCS(=O)(=O)CC(=O)NCc1ccc(C2=NOC(c3ccc(Cl)c(Br)c3)(C(F)(F)Cl)C2)cc1OC. The third-order valence-electron chi connectivity index (χ3n) is 5.46. The average molecular weight is 614 g/mol. The molecule has 2 aromatic rings. The number of nitrogens with zero attached hydrogens (tertiary/aromatic N) is 1. The summed E-state index contributed by atoms with van der Waals surface area (Å²) >= 11 is 14.7. The lowest BCUT2D eigenvalue weighted by Crippen LogP contribution is -2.42. The fourth-order valence-electron chi connectivity index (χ4n) is 3.42. The third kappa shape index (κ3) is 6.07. The maximum atomic E-state index is 14.6. The van der Waals surface area contributed by atoms with Crippen molar-refractivity contribution in [3.63, 3.8) is 0 Å². The first-order valence-corrected chi connectivity index (χ1v) is 13.6. The van der Waals surface area contributed by atoms with E-state index in [9.17, 15) is 22.0 Å². The van der Waals surface area contributed by atoms with Crippen molar-refractivity contribution in [2.75, 3.05) is 18.6 Å². The van der Waals surface area contributed by atoms with E-state index in [2.05, 4.69) is 26.4 Å². The zero-order valence-corrected chi connectivity index (χ0v) is 22.5. The second kappa shape index (κ2) is 10.6. The highest BCUT2D eigenvalue weighted by Crippen LogP contribution is 2.51. The lowest BCUT2D eigenvalue weighted by molar-refractivity contribution is -0.155. The summed E-state index contributed by atoms with van der Waals surface area (Å²) in [5.41, 5.74) is -0.975. The smallest absolute Gasteiger partial charge is 0.367 e. The van der Waals surface area contributed by atoms with Gasteiger partial charge in [-0.05, 0) is 45.7 Å². The van der Waals surface area contributed by atoms with E-state index < -0.39 is 32.5 Å². The number of benzene rings is 2. The highest BCUT2D eigenvalue weighted by molar-refractivity contribution is 9.10. The zero-order valence-electron chi connectivity index (χ0n) is 18.6. The van der Waals surface area contributed by atoms with Gasteiger partial charge in [0.05, 0.1) is 17.8 Å². The van der Waals surface area contributed by atoms with Gasteiger partial charge in [-0.15, -0.1) is 0 Å². The molecule has 0 radical (unpaired) electrons. The number of hydrogen-bond acceptors (Lipinski definition) is 6. The predicted octanol–water partition coefficient (Wildman–Crippen LogP) is 5.01. The standard InChI is InChI=1S/C22H21BrCl2F2N2O5S/c1-3-35(31,32)12-20(30)28-11-14-5-4-13(8-19(14)33-2)18-10-21(34-29-18,22(25,26)27)15-6-7-17(24)16(23)9-15/h4-9H,3,10-12H2,1-2H3,(H,28,30). The molecule has 0 aliphatic carbocycles. The largest absolute Gasteiger partial charge is 0.496 e. The van der Waals surface area contributed by atoms with E-state index in [1.165, 1.54) is 32.2 Å². The Hall–Kier alpha value is -1.95. The quantitative estimate of drug-likeness (QED) is 0.401. The molecule has 190 valence electrons. The fraction of sp³-hybridized carbons (Fsp3) is 0.364. The Kier molecular flexibility index (Phi) is 8.35. The first kappa shape index (κ1) is 27.6. The molecule has 0 saturated heterocycles. The highest BCUT2D eigenvalue weighted by Gasteiger charge is 2.60. The van der Waals surface area contributed by atoms with Gasteiger partial charge in [0.25, 0.3) is 0 Å². The molecule has 3 rings (SSSR count). The molecule has 35 heavy (non-hydrogen) atoms. The van der Waals surface area contributed by atoms with Crippen LogP contribution in [-0.4, -0.2) is 44.0 Å². The van der Waals surface area contributed by atoms with E-state index in [1.54, 1.807) is 18.2 Å². The molecule has 0 spiro atoms. The van der Waals surface area contributed by atoms with Crippen molar-refractivity contribution in [3.8, 4) is 5.75 Å². The van der Waals surface area contributed by atoms with Crippen molar-refractivity contribution in [2.45, 2.75) is 30.9 Å². The van der Waals surface area contributed by atoms with Crippen LogP contribution in [0.15, 0.2) is 46.0 Å². The molecule has 1 atom stereocenters. The van der Waals surface area contributed by atoms with E-state index in [-0.39, 0.29) is 30.0 Å². The number of oxime groups is 1. The molecule has 1 aliphatic heterocycles. The molecule has 0 bridgehead atoms. The third-order valence-corrected chi connectivity index (χ3v) is 8.56.